The molecule has 3 aromatic rings. The van der Waals surface area contributed by atoms with Gasteiger partial charge >= 0.3 is 0 Å². The first-order valence-corrected chi connectivity index (χ1v) is 10.1. The Morgan fingerprint density at radius 1 is 0.862 bits per heavy atom. The molecule has 1 aliphatic heterocycles. The number of aromatic nitrogens is 1. The minimum atomic E-state index is -0.140. The molecule has 148 valence electrons. The van der Waals surface area contributed by atoms with E-state index in [1.54, 1.807) is 6.20 Å². The van der Waals surface area contributed by atoms with Gasteiger partial charge in [-0.2, -0.15) is 0 Å². The van der Waals surface area contributed by atoms with Crippen LogP contribution in [0.5, 0.6) is 0 Å². The number of anilines is 1. The largest absolute Gasteiger partial charge is 0.369 e. The Morgan fingerprint density at radius 2 is 1.52 bits per heavy atom. The number of nitrogens with zero attached hydrogens (tertiary/aromatic N) is 3. The Morgan fingerprint density at radius 3 is 2.21 bits per heavy atom. The molecule has 0 unspecified atom stereocenters. The maximum absolute atomic E-state index is 12.5. The van der Waals surface area contributed by atoms with Crippen molar-refractivity contribution >= 4 is 11.6 Å². The molecule has 0 aliphatic carbocycles. The highest BCUT2D eigenvalue weighted by Crippen LogP contribution is 2.18. The van der Waals surface area contributed by atoms with E-state index in [1.807, 2.05) is 42.5 Å². The molecule has 0 radical (unpaired) electrons. The summed E-state index contributed by atoms with van der Waals surface area (Å²) < 4.78 is 0. The van der Waals surface area contributed by atoms with Gasteiger partial charge in [0.2, 0.25) is 0 Å². The van der Waals surface area contributed by atoms with Gasteiger partial charge in [0, 0.05) is 51.2 Å². The van der Waals surface area contributed by atoms with E-state index in [9.17, 15) is 4.79 Å². The summed E-state index contributed by atoms with van der Waals surface area (Å²) in [6, 6.07) is 24.4. The lowest BCUT2D eigenvalue weighted by Gasteiger charge is -2.36. The predicted octanol–water partition coefficient (Wildman–Crippen LogP) is 3.33. The number of benzene rings is 2. The molecule has 2 heterocycles. The normalized spacial score (nSPS) is 14.6. The number of hydrogen-bond acceptors (Lipinski definition) is 4. The van der Waals surface area contributed by atoms with Crippen LogP contribution in [0.4, 0.5) is 5.69 Å². The number of hydrogen-bond donors (Lipinski definition) is 1. The van der Waals surface area contributed by atoms with Crippen LogP contribution in [0.2, 0.25) is 0 Å². The summed E-state index contributed by atoms with van der Waals surface area (Å²) in [4.78, 5) is 21.6. The Hall–Kier alpha value is -3.18. The molecule has 1 aliphatic rings. The fraction of sp³-hybridized carbons (Fsp3) is 0.250. The van der Waals surface area contributed by atoms with E-state index in [-0.39, 0.29) is 5.91 Å². The first kappa shape index (κ1) is 19.2. The average molecular weight is 386 g/mol. The Kier molecular flexibility index (Phi) is 6.17. The molecule has 4 rings (SSSR count). The highest BCUT2D eigenvalue weighted by molar-refractivity contribution is 5.93. The van der Waals surface area contributed by atoms with Crippen LogP contribution in [0, 0.1) is 0 Å². The molecule has 2 aromatic carbocycles. The van der Waals surface area contributed by atoms with Crippen LogP contribution in [0.15, 0.2) is 79.0 Å². The van der Waals surface area contributed by atoms with Crippen molar-refractivity contribution in [2.75, 3.05) is 31.1 Å². The van der Waals surface area contributed by atoms with Crippen LogP contribution in [0.3, 0.4) is 0 Å². The third kappa shape index (κ3) is 5.21. The number of carbonyl (C=O) groups excluding carboxylic acids is 1. The third-order valence-corrected chi connectivity index (χ3v) is 5.26. The number of piperazine rings is 1. The average Bonchev–Trinajstić information content (AvgIpc) is 2.79. The number of amides is 1. The molecule has 1 N–H and O–H groups in total. The molecule has 1 amide bonds. The van der Waals surface area contributed by atoms with E-state index in [2.05, 4.69) is 50.4 Å². The standard InChI is InChI=1S/C24H26N4O/c29-24(26-18-20-7-3-1-4-8-20)23-17-22(11-12-25-23)28-15-13-27(14-16-28)19-21-9-5-2-6-10-21/h1-12,17H,13-16,18-19H2,(H,26,29). The second-order valence-electron chi connectivity index (χ2n) is 7.32. The fourth-order valence-electron chi connectivity index (χ4n) is 3.61. The van der Waals surface area contributed by atoms with Crippen molar-refractivity contribution in [2.24, 2.45) is 0 Å². The zero-order valence-corrected chi connectivity index (χ0v) is 16.5. The molecule has 5 nitrogen and oxygen atoms in total. The van der Waals surface area contributed by atoms with Crippen molar-refractivity contribution in [2.45, 2.75) is 13.1 Å². The summed E-state index contributed by atoms with van der Waals surface area (Å²) >= 11 is 0. The monoisotopic (exact) mass is 386 g/mol. The van der Waals surface area contributed by atoms with Crippen molar-refractivity contribution < 1.29 is 4.79 Å². The number of carbonyl (C=O) groups is 1. The Labute approximate surface area is 172 Å². The van der Waals surface area contributed by atoms with Gasteiger partial charge in [0.05, 0.1) is 0 Å². The van der Waals surface area contributed by atoms with Crippen molar-refractivity contribution in [1.82, 2.24) is 15.2 Å². The van der Waals surface area contributed by atoms with Crippen LogP contribution in [-0.2, 0) is 13.1 Å². The summed E-state index contributed by atoms with van der Waals surface area (Å²) in [6.45, 7) is 5.39. The lowest BCUT2D eigenvalue weighted by atomic mass is 10.2. The van der Waals surface area contributed by atoms with E-state index in [0.29, 0.717) is 12.2 Å². The molecule has 0 bridgehead atoms. The number of pyridine rings is 1. The fourth-order valence-corrected chi connectivity index (χ4v) is 3.61. The molecule has 29 heavy (non-hydrogen) atoms. The summed E-state index contributed by atoms with van der Waals surface area (Å²) in [5.41, 5.74) is 3.95. The SMILES string of the molecule is O=C(NCc1ccccc1)c1cc(N2CCN(Cc3ccccc3)CC2)ccn1. The van der Waals surface area contributed by atoms with Crippen molar-refractivity contribution in [3.8, 4) is 0 Å². The smallest absolute Gasteiger partial charge is 0.270 e. The van der Waals surface area contributed by atoms with Crippen molar-refractivity contribution in [1.29, 1.82) is 0 Å². The maximum atomic E-state index is 12.5. The first-order chi connectivity index (χ1) is 14.3. The molecule has 1 saturated heterocycles. The first-order valence-electron chi connectivity index (χ1n) is 10.1. The lowest BCUT2D eigenvalue weighted by molar-refractivity contribution is 0.0946. The second kappa shape index (κ2) is 9.34. The zero-order chi connectivity index (χ0) is 19.9. The topological polar surface area (TPSA) is 48.5 Å². The van der Waals surface area contributed by atoms with Gasteiger partial charge in [-0.25, -0.2) is 0 Å². The summed E-state index contributed by atoms with van der Waals surface area (Å²) in [5, 5.41) is 2.95. The molecular weight excluding hydrogens is 360 g/mol. The van der Waals surface area contributed by atoms with Gasteiger partial charge in [-0.3, -0.25) is 14.7 Å². The molecule has 0 saturated carbocycles. The Balaban J connectivity index is 1.32. The minimum Gasteiger partial charge on any atom is -0.369 e. The minimum absolute atomic E-state index is 0.140. The lowest BCUT2D eigenvalue weighted by Crippen LogP contribution is -2.46. The van der Waals surface area contributed by atoms with Crippen LogP contribution in [0.1, 0.15) is 21.6 Å². The van der Waals surface area contributed by atoms with Crippen molar-refractivity contribution in [3.63, 3.8) is 0 Å². The van der Waals surface area contributed by atoms with Crippen LogP contribution < -0.4 is 10.2 Å². The van der Waals surface area contributed by atoms with E-state index in [0.717, 1.165) is 44.0 Å². The van der Waals surface area contributed by atoms with E-state index < -0.39 is 0 Å². The van der Waals surface area contributed by atoms with Crippen LogP contribution in [0.25, 0.3) is 0 Å². The number of nitrogens with one attached hydrogen (secondary N) is 1. The highest BCUT2D eigenvalue weighted by atomic mass is 16.1. The molecule has 0 spiro atoms. The molecule has 5 heteroatoms. The number of rotatable bonds is 6. The summed E-state index contributed by atoms with van der Waals surface area (Å²) in [5.74, 6) is -0.140. The maximum Gasteiger partial charge on any atom is 0.270 e. The quantitative estimate of drug-likeness (QED) is 0.706. The van der Waals surface area contributed by atoms with Crippen molar-refractivity contribution in [3.05, 3.63) is 95.8 Å². The van der Waals surface area contributed by atoms with Gasteiger partial charge in [0.15, 0.2) is 0 Å². The zero-order valence-electron chi connectivity index (χ0n) is 16.5. The third-order valence-electron chi connectivity index (χ3n) is 5.26. The molecular formula is C24H26N4O. The summed E-state index contributed by atoms with van der Waals surface area (Å²) in [7, 11) is 0. The molecule has 1 fully saturated rings. The van der Waals surface area contributed by atoms with Gasteiger partial charge in [-0.1, -0.05) is 60.7 Å². The van der Waals surface area contributed by atoms with Gasteiger partial charge in [-0.05, 0) is 23.3 Å². The van der Waals surface area contributed by atoms with E-state index in [4.69, 9.17) is 0 Å². The van der Waals surface area contributed by atoms with Gasteiger partial charge in [0.1, 0.15) is 5.69 Å². The van der Waals surface area contributed by atoms with Gasteiger partial charge in [0.25, 0.3) is 5.91 Å². The highest BCUT2D eigenvalue weighted by Gasteiger charge is 2.18. The Bertz CT molecular complexity index is 922. The van der Waals surface area contributed by atoms with E-state index >= 15 is 0 Å². The van der Waals surface area contributed by atoms with Crippen LogP contribution >= 0.6 is 0 Å². The van der Waals surface area contributed by atoms with Gasteiger partial charge < -0.3 is 10.2 Å². The molecule has 1 aromatic heterocycles. The predicted molar refractivity (Wildman–Crippen MR) is 116 cm³/mol. The van der Waals surface area contributed by atoms with Crippen LogP contribution in [-0.4, -0.2) is 42.0 Å². The molecule has 0 atom stereocenters. The summed E-state index contributed by atoms with van der Waals surface area (Å²) in [6.07, 6.45) is 1.73. The second-order valence-corrected chi connectivity index (χ2v) is 7.32. The van der Waals surface area contributed by atoms with Gasteiger partial charge in [-0.15, -0.1) is 0 Å². The van der Waals surface area contributed by atoms with E-state index in [1.165, 1.54) is 5.56 Å².